The number of esters is 1. The lowest BCUT2D eigenvalue weighted by atomic mass is 10.4. The van der Waals surface area contributed by atoms with E-state index in [0.29, 0.717) is 0 Å². The minimum Gasteiger partial charge on any atom is -0.464 e. The van der Waals surface area contributed by atoms with Crippen LogP contribution in [0.3, 0.4) is 0 Å². The molecule has 0 saturated carbocycles. The van der Waals surface area contributed by atoms with Crippen LogP contribution in [0.2, 0.25) is 0 Å². The second kappa shape index (κ2) is 6.57. The maximum atomic E-state index is 11.5. The summed E-state index contributed by atoms with van der Waals surface area (Å²) in [6.45, 7) is 1.95. The summed E-state index contributed by atoms with van der Waals surface area (Å²) in [7, 11) is -2.30. The third-order valence-electron chi connectivity index (χ3n) is 1.57. The zero-order valence-electron chi connectivity index (χ0n) is 10.2. The van der Waals surface area contributed by atoms with Crippen molar-refractivity contribution in [3.8, 4) is 0 Å². The van der Waals surface area contributed by atoms with Gasteiger partial charge in [-0.15, -0.1) is 0 Å². The zero-order chi connectivity index (χ0) is 14.5. The van der Waals surface area contributed by atoms with E-state index in [1.54, 1.807) is 6.92 Å². The van der Waals surface area contributed by atoms with Crippen LogP contribution in [0, 0.1) is 0 Å². The largest absolute Gasteiger partial charge is 0.464 e. The van der Waals surface area contributed by atoms with Crippen LogP contribution in [0.4, 0.5) is 5.13 Å². The standard InChI is InChI=1S/C7H13N6O4PS/c1-3-17-11-4(6(14)16-2)5-10-7(19-13-5)12-18(8,9)15/h3H2,1-2H3,(H5,8,9,10,12,13,15)/b11-4-. The van der Waals surface area contributed by atoms with Crippen molar-refractivity contribution in [1.82, 2.24) is 9.36 Å². The average molecular weight is 308 g/mol. The fourth-order valence-electron chi connectivity index (χ4n) is 0.910. The molecule has 0 aromatic carbocycles. The fourth-order valence-corrected chi connectivity index (χ4v) is 2.28. The van der Waals surface area contributed by atoms with Crippen LogP contribution in [-0.4, -0.2) is 34.8 Å². The molecule has 0 amide bonds. The van der Waals surface area contributed by atoms with Gasteiger partial charge in [0.05, 0.1) is 7.11 Å². The van der Waals surface area contributed by atoms with Crippen molar-refractivity contribution in [2.75, 3.05) is 18.8 Å². The Morgan fingerprint density at radius 2 is 2.26 bits per heavy atom. The number of oxime groups is 1. The maximum absolute atomic E-state index is 11.5. The summed E-state index contributed by atoms with van der Waals surface area (Å²) in [6.07, 6.45) is 0. The van der Waals surface area contributed by atoms with Gasteiger partial charge < -0.3 is 9.57 Å². The number of aromatic nitrogens is 2. The molecule has 1 aromatic rings. The lowest BCUT2D eigenvalue weighted by molar-refractivity contribution is -0.132. The number of anilines is 1. The number of nitrogens with two attached hydrogens (primary N) is 2. The minimum absolute atomic E-state index is 0.0405. The van der Waals surface area contributed by atoms with Gasteiger partial charge in [-0.3, -0.25) is 20.7 Å². The first-order valence-corrected chi connectivity index (χ1v) is 7.57. The van der Waals surface area contributed by atoms with Gasteiger partial charge in [-0.05, 0) is 6.92 Å². The summed E-state index contributed by atoms with van der Waals surface area (Å²) in [5, 5.41) is 5.93. The summed E-state index contributed by atoms with van der Waals surface area (Å²) < 4.78 is 19.5. The van der Waals surface area contributed by atoms with Crippen LogP contribution < -0.4 is 16.1 Å². The fraction of sp³-hybridized carbons (Fsp3) is 0.429. The van der Waals surface area contributed by atoms with Crippen molar-refractivity contribution >= 4 is 35.9 Å². The maximum Gasteiger partial charge on any atom is 0.364 e. The second-order valence-corrected chi connectivity index (χ2v) is 5.49. The van der Waals surface area contributed by atoms with Gasteiger partial charge in [0, 0.05) is 11.5 Å². The van der Waals surface area contributed by atoms with Gasteiger partial charge in [0.2, 0.25) is 16.7 Å². The van der Waals surface area contributed by atoms with Crippen molar-refractivity contribution in [3.63, 3.8) is 0 Å². The van der Waals surface area contributed by atoms with E-state index in [1.807, 2.05) is 0 Å². The molecule has 0 aliphatic heterocycles. The second-order valence-electron chi connectivity index (χ2n) is 3.09. The van der Waals surface area contributed by atoms with Crippen molar-refractivity contribution in [3.05, 3.63) is 5.82 Å². The minimum atomic E-state index is -3.49. The van der Waals surface area contributed by atoms with Gasteiger partial charge in [-0.1, -0.05) is 5.16 Å². The van der Waals surface area contributed by atoms with Gasteiger partial charge in [-0.25, -0.2) is 4.79 Å². The van der Waals surface area contributed by atoms with Crippen LogP contribution in [0.5, 0.6) is 0 Å². The van der Waals surface area contributed by atoms with Gasteiger partial charge in [0.1, 0.15) is 6.61 Å². The van der Waals surface area contributed by atoms with Gasteiger partial charge in [0.25, 0.3) is 7.59 Å². The van der Waals surface area contributed by atoms with Crippen molar-refractivity contribution < 1.29 is 18.9 Å². The average Bonchev–Trinajstić information content (AvgIpc) is 2.75. The van der Waals surface area contributed by atoms with Crippen molar-refractivity contribution in [2.45, 2.75) is 6.92 Å². The van der Waals surface area contributed by atoms with E-state index in [0.717, 1.165) is 11.5 Å². The predicted molar refractivity (Wildman–Crippen MR) is 69.7 cm³/mol. The van der Waals surface area contributed by atoms with Crippen molar-refractivity contribution in [1.29, 1.82) is 0 Å². The molecule has 106 valence electrons. The molecule has 5 N–H and O–H groups in total. The number of rotatable bonds is 6. The number of hydrogen-bond acceptors (Lipinski definition) is 8. The summed E-state index contributed by atoms with van der Waals surface area (Å²) in [5.74, 6) is -0.803. The van der Waals surface area contributed by atoms with Gasteiger partial charge >= 0.3 is 5.97 Å². The van der Waals surface area contributed by atoms with E-state index in [2.05, 4.69) is 24.3 Å². The van der Waals surface area contributed by atoms with E-state index in [9.17, 15) is 9.36 Å². The van der Waals surface area contributed by atoms with Crippen LogP contribution >= 0.6 is 19.1 Å². The number of carbonyl (C=O) groups excluding carboxylic acids is 1. The number of methoxy groups -OCH3 is 1. The lowest BCUT2D eigenvalue weighted by Crippen LogP contribution is -2.19. The first kappa shape index (κ1) is 15.5. The molecule has 0 spiro atoms. The first-order valence-electron chi connectivity index (χ1n) is 4.95. The molecule has 0 aliphatic rings. The molecule has 0 unspecified atom stereocenters. The van der Waals surface area contributed by atoms with Gasteiger partial charge in [-0.2, -0.15) is 9.36 Å². The molecule has 0 atom stereocenters. The summed E-state index contributed by atoms with van der Waals surface area (Å²) >= 11 is 0.817. The molecule has 10 nitrogen and oxygen atoms in total. The predicted octanol–water partition coefficient (Wildman–Crippen LogP) is -0.111. The molecule has 0 bridgehead atoms. The normalized spacial score (nSPS) is 12.1. The Kier molecular flexibility index (Phi) is 5.36. The van der Waals surface area contributed by atoms with Crippen LogP contribution in [0.15, 0.2) is 5.16 Å². The van der Waals surface area contributed by atoms with E-state index < -0.39 is 13.6 Å². The van der Waals surface area contributed by atoms with Gasteiger partial charge in [0.15, 0.2) is 0 Å². The highest BCUT2D eigenvalue weighted by atomic mass is 32.1. The molecule has 0 radical (unpaired) electrons. The monoisotopic (exact) mass is 308 g/mol. The Balaban J connectivity index is 2.98. The van der Waals surface area contributed by atoms with Crippen LogP contribution in [0.25, 0.3) is 0 Å². The molecule has 1 aromatic heterocycles. The molecule has 12 heteroatoms. The van der Waals surface area contributed by atoms with Crippen LogP contribution in [-0.2, 0) is 18.9 Å². The number of ether oxygens (including phenoxy) is 1. The lowest BCUT2D eigenvalue weighted by Gasteiger charge is -2.04. The first-order chi connectivity index (χ1) is 8.87. The Labute approximate surface area is 112 Å². The van der Waals surface area contributed by atoms with Crippen LogP contribution in [0.1, 0.15) is 12.7 Å². The van der Waals surface area contributed by atoms with E-state index in [1.165, 1.54) is 7.11 Å². The number of carbonyl (C=O) groups is 1. The Morgan fingerprint density at radius 3 is 2.79 bits per heavy atom. The SMILES string of the molecule is CCO/N=C(\C(=O)OC)c1nsc(NP(N)(N)=O)n1. The Bertz CT molecular complexity index is 525. The summed E-state index contributed by atoms with van der Waals surface area (Å²) in [6, 6.07) is 0. The molecule has 0 fully saturated rings. The third kappa shape index (κ3) is 4.91. The van der Waals surface area contributed by atoms with E-state index >= 15 is 0 Å². The molecular formula is C7H13N6O4PS. The van der Waals surface area contributed by atoms with E-state index in [-0.39, 0.29) is 23.3 Å². The Morgan fingerprint density at radius 1 is 1.58 bits per heavy atom. The number of nitrogens with one attached hydrogen (secondary N) is 1. The number of nitrogens with zero attached hydrogens (tertiary/aromatic N) is 3. The molecule has 19 heavy (non-hydrogen) atoms. The highest BCUT2D eigenvalue weighted by Gasteiger charge is 2.22. The van der Waals surface area contributed by atoms with Crippen molar-refractivity contribution in [2.24, 2.45) is 16.2 Å². The molecular weight excluding hydrogens is 295 g/mol. The molecule has 1 heterocycles. The number of hydrogen-bond donors (Lipinski definition) is 3. The summed E-state index contributed by atoms with van der Waals surface area (Å²) in [4.78, 5) is 20.1. The zero-order valence-corrected chi connectivity index (χ0v) is 11.9. The quantitative estimate of drug-likeness (QED) is 0.282. The smallest absolute Gasteiger partial charge is 0.364 e. The Hall–Kier alpha value is -1.55. The molecule has 0 aliphatic carbocycles. The topological polar surface area (TPSA) is 155 Å². The molecule has 0 saturated heterocycles. The van der Waals surface area contributed by atoms with E-state index in [4.69, 9.17) is 15.8 Å². The summed E-state index contributed by atoms with van der Waals surface area (Å²) in [5.41, 5.74) is 10.1. The highest BCUT2D eigenvalue weighted by molar-refractivity contribution is 7.61. The highest BCUT2D eigenvalue weighted by Crippen LogP contribution is 2.28. The molecule has 1 rings (SSSR count). The third-order valence-corrected chi connectivity index (χ3v) is 2.91.